The van der Waals surface area contributed by atoms with Crippen LogP contribution >= 0.6 is 0 Å². The predicted octanol–water partition coefficient (Wildman–Crippen LogP) is 4.39. The van der Waals surface area contributed by atoms with Gasteiger partial charge in [-0.2, -0.15) is 0 Å². The van der Waals surface area contributed by atoms with Crippen LogP contribution in [0.25, 0.3) is 0 Å². The molecule has 1 aliphatic rings. The van der Waals surface area contributed by atoms with Crippen LogP contribution in [0.3, 0.4) is 0 Å². The summed E-state index contributed by atoms with van der Waals surface area (Å²) in [6.45, 7) is 6.34. The highest BCUT2D eigenvalue weighted by atomic mass is 16.1. The molecule has 0 unspecified atom stereocenters. The van der Waals surface area contributed by atoms with Gasteiger partial charge in [0.25, 0.3) is 0 Å². The average Bonchev–Trinajstić information content (AvgIpc) is 2.48. The molecule has 0 saturated heterocycles. The van der Waals surface area contributed by atoms with E-state index in [0.29, 0.717) is 6.42 Å². The second-order valence-electron chi connectivity index (χ2n) is 6.67. The Morgan fingerprint density at radius 2 is 1.86 bits per heavy atom. The summed E-state index contributed by atoms with van der Waals surface area (Å²) in [6.07, 6.45) is 1.29. The van der Waals surface area contributed by atoms with Gasteiger partial charge < -0.3 is 0 Å². The average molecular weight is 291 g/mol. The molecular weight excluding hydrogens is 270 g/mol. The standard InChI is InChI=1S/C20H21NO/c1-14-9-10-16-13-20(2,3)21-18(17(16)11-14)12-19(22)15-7-5-4-6-8-15/h4-11H,12-13H2,1-3H3. The lowest BCUT2D eigenvalue weighted by Gasteiger charge is -2.29. The Kier molecular flexibility index (Phi) is 3.69. The third kappa shape index (κ3) is 3.01. The maximum Gasteiger partial charge on any atom is 0.168 e. The van der Waals surface area contributed by atoms with Gasteiger partial charge in [0, 0.05) is 5.56 Å². The summed E-state index contributed by atoms with van der Waals surface area (Å²) >= 11 is 0. The van der Waals surface area contributed by atoms with E-state index in [0.717, 1.165) is 23.3 Å². The number of aryl methyl sites for hydroxylation is 1. The summed E-state index contributed by atoms with van der Waals surface area (Å²) in [5, 5.41) is 0. The minimum absolute atomic E-state index is 0.129. The summed E-state index contributed by atoms with van der Waals surface area (Å²) in [5.41, 5.74) is 5.17. The Balaban J connectivity index is 1.96. The molecular formula is C20H21NO. The molecule has 2 aromatic rings. The molecule has 2 aromatic carbocycles. The molecule has 0 spiro atoms. The number of fused-ring (bicyclic) bond motifs is 1. The fraction of sp³-hybridized carbons (Fsp3) is 0.300. The lowest BCUT2D eigenvalue weighted by molar-refractivity contribution is 0.100. The molecule has 1 aliphatic heterocycles. The van der Waals surface area contributed by atoms with Crippen LogP contribution in [0.5, 0.6) is 0 Å². The van der Waals surface area contributed by atoms with E-state index in [2.05, 4.69) is 39.0 Å². The van der Waals surface area contributed by atoms with Crippen molar-refractivity contribution < 1.29 is 4.79 Å². The van der Waals surface area contributed by atoms with Gasteiger partial charge in [0.05, 0.1) is 17.7 Å². The van der Waals surface area contributed by atoms with Gasteiger partial charge in [-0.25, -0.2) is 0 Å². The van der Waals surface area contributed by atoms with Crippen LogP contribution in [0, 0.1) is 6.92 Å². The van der Waals surface area contributed by atoms with E-state index in [1.807, 2.05) is 30.3 Å². The van der Waals surface area contributed by atoms with E-state index in [4.69, 9.17) is 4.99 Å². The summed E-state index contributed by atoms with van der Waals surface area (Å²) < 4.78 is 0. The molecule has 0 fully saturated rings. The van der Waals surface area contributed by atoms with Gasteiger partial charge in [-0.3, -0.25) is 9.79 Å². The predicted molar refractivity (Wildman–Crippen MR) is 90.9 cm³/mol. The van der Waals surface area contributed by atoms with Gasteiger partial charge in [-0.05, 0) is 44.4 Å². The molecule has 0 bridgehead atoms. The monoisotopic (exact) mass is 291 g/mol. The van der Waals surface area contributed by atoms with E-state index in [1.165, 1.54) is 11.1 Å². The van der Waals surface area contributed by atoms with Crippen molar-refractivity contribution in [2.75, 3.05) is 0 Å². The van der Waals surface area contributed by atoms with Crippen molar-refractivity contribution >= 4 is 11.5 Å². The van der Waals surface area contributed by atoms with Crippen LogP contribution in [-0.2, 0) is 6.42 Å². The Morgan fingerprint density at radius 1 is 1.14 bits per heavy atom. The normalized spacial score (nSPS) is 15.9. The van der Waals surface area contributed by atoms with Gasteiger partial charge in [-0.15, -0.1) is 0 Å². The quantitative estimate of drug-likeness (QED) is 0.771. The first-order valence-corrected chi connectivity index (χ1v) is 7.71. The maximum atomic E-state index is 12.5. The van der Waals surface area contributed by atoms with Crippen LogP contribution in [0.1, 0.15) is 47.3 Å². The SMILES string of the molecule is Cc1ccc2c(c1)C(CC(=O)c1ccccc1)=NC(C)(C)C2. The zero-order chi connectivity index (χ0) is 15.7. The minimum atomic E-state index is -0.144. The Hall–Kier alpha value is -2.22. The van der Waals surface area contributed by atoms with E-state index in [1.54, 1.807) is 0 Å². The smallest absolute Gasteiger partial charge is 0.168 e. The zero-order valence-corrected chi connectivity index (χ0v) is 13.4. The van der Waals surface area contributed by atoms with Crippen molar-refractivity contribution in [2.24, 2.45) is 4.99 Å². The van der Waals surface area contributed by atoms with Crippen molar-refractivity contribution in [2.45, 2.75) is 39.2 Å². The molecule has 0 saturated carbocycles. The largest absolute Gasteiger partial charge is 0.294 e. The Morgan fingerprint density at radius 3 is 2.59 bits per heavy atom. The summed E-state index contributed by atoms with van der Waals surface area (Å²) in [5.74, 6) is 0.129. The van der Waals surface area contributed by atoms with Crippen LogP contribution in [0.15, 0.2) is 53.5 Å². The first-order valence-electron chi connectivity index (χ1n) is 7.71. The van der Waals surface area contributed by atoms with Crippen LogP contribution < -0.4 is 0 Å². The fourth-order valence-corrected chi connectivity index (χ4v) is 3.06. The number of nitrogens with zero attached hydrogens (tertiary/aromatic N) is 1. The maximum absolute atomic E-state index is 12.5. The minimum Gasteiger partial charge on any atom is -0.294 e. The molecule has 0 amide bonds. The number of rotatable bonds is 3. The molecule has 112 valence electrons. The topological polar surface area (TPSA) is 29.4 Å². The van der Waals surface area contributed by atoms with Crippen molar-refractivity contribution in [1.82, 2.24) is 0 Å². The van der Waals surface area contributed by atoms with E-state index in [-0.39, 0.29) is 11.3 Å². The van der Waals surface area contributed by atoms with Crippen molar-refractivity contribution in [3.8, 4) is 0 Å². The zero-order valence-electron chi connectivity index (χ0n) is 13.4. The number of benzene rings is 2. The lowest BCUT2D eigenvalue weighted by Crippen LogP contribution is -2.30. The molecule has 0 aromatic heterocycles. The summed E-state index contributed by atoms with van der Waals surface area (Å²) in [6, 6.07) is 15.9. The highest BCUT2D eigenvalue weighted by Gasteiger charge is 2.27. The molecule has 2 heteroatoms. The number of carbonyl (C=O) groups is 1. The lowest BCUT2D eigenvalue weighted by atomic mass is 9.84. The second kappa shape index (κ2) is 5.53. The number of ketones is 1. The number of Topliss-reactive ketones (excluding diaryl/α,β-unsaturated/α-hetero) is 1. The van der Waals surface area contributed by atoms with Gasteiger partial charge >= 0.3 is 0 Å². The number of aliphatic imine (C=N–C) groups is 1. The summed E-state index contributed by atoms with van der Waals surface area (Å²) in [4.78, 5) is 17.4. The second-order valence-corrected chi connectivity index (χ2v) is 6.67. The first kappa shape index (κ1) is 14.7. The highest BCUT2D eigenvalue weighted by Crippen LogP contribution is 2.29. The van der Waals surface area contributed by atoms with Crippen LogP contribution in [-0.4, -0.2) is 17.0 Å². The van der Waals surface area contributed by atoms with Crippen LogP contribution in [0.4, 0.5) is 0 Å². The van der Waals surface area contributed by atoms with Gasteiger partial charge in [0.2, 0.25) is 0 Å². The molecule has 0 aliphatic carbocycles. The number of carbonyl (C=O) groups excluding carboxylic acids is 1. The van der Waals surface area contributed by atoms with Crippen molar-refractivity contribution in [3.05, 3.63) is 70.8 Å². The highest BCUT2D eigenvalue weighted by molar-refractivity contribution is 6.16. The fourth-order valence-electron chi connectivity index (χ4n) is 3.06. The number of hydrogen-bond donors (Lipinski definition) is 0. The van der Waals surface area contributed by atoms with E-state index in [9.17, 15) is 4.79 Å². The molecule has 3 rings (SSSR count). The van der Waals surface area contributed by atoms with E-state index < -0.39 is 0 Å². The molecule has 0 atom stereocenters. The van der Waals surface area contributed by atoms with Crippen molar-refractivity contribution in [1.29, 1.82) is 0 Å². The third-order valence-electron chi connectivity index (χ3n) is 4.06. The molecule has 0 N–H and O–H groups in total. The Bertz CT molecular complexity index is 742. The Labute approximate surface area is 131 Å². The molecule has 2 nitrogen and oxygen atoms in total. The molecule has 1 heterocycles. The van der Waals surface area contributed by atoms with Gasteiger partial charge in [0.1, 0.15) is 0 Å². The van der Waals surface area contributed by atoms with Gasteiger partial charge in [0.15, 0.2) is 5.78 Å². The van der Waals surface area contributed by atoms with Crippen molar-refractivity contribution in [3.63, 3.8) is 0 Å². The number of hydrogen-bond acceptors (Lipinski definition) is 2. The molecule has 22 heavy (non-hydrogen) atoms. The van der Waals surface area contributed by atoms with Crippen LogP contribution in [0.2, 0.25) is 0 Å². The molecule has 0 radical (unpaired) electrons. The first-order chi connectivity index (χ1) is 10.4. The van der Waals surface area contributed by atoms with E-state index >= 15 is 0 Å². The summed E-state index contributed by atoms with van der Waals surface area (Å²) in [7, 11) is 0. The van der Waals surface area contributed by atoms with Gasteiger partial charge in [-0.1, -0.05) is 48.0 Å². The third-order valence-corrected chi connectivity index (χ3v) is 4.06.